The Bertz CT molecular complexity index is 1200. The van der Waals surface area contributed by atoms with Crippen molar-refractivity contribution in [3.8, 4) is 11.4 Å². The van der Waals surface area contributed by atoms with E-state index < -0.39 is 11.6 Å². The standard InChI is InChI=1S/C20H15BrN2O4/c1-2-20(26)13-8-15-16-11(7-10-5-3-4-6-14(10)22-16)17(21)23(15)18(24)12(13)9-27-19(20)25/h3-8,17,26H,2,9H2,1H3/t17?,20-/m0/s1. The largest absolute Gasteiger partial charge is 0.458 e. The van der Waals surface area contributed by atoms with Crippen molar-refractivity contribution in [1.29, 1.82) is 0 Å². The number of cyclic esters (lactones) is 1. The zero-order valence-electron chi connectivity index (χ0n) is 14.4. The molecule has 0 saturated carbocycles. The van der Waals surface area contributed by atoms with E-state index in [0.717, 1.165) is 16.5 Å². The van der Waals surface area contributed by atoms with Gasteiger partial charge >= 0.3 is 5.97 Å². The van der Waals surface area contributed by atoms with Crippen molar-refractivity contribution in [2.75, 3.05) is 0 Å². The van der Waals surface area contributed by atoms with Gasteiger partial charge in [0.05, 0.1) is 22.5 Å². The van der Waals surface area contributed by atoms with E-state index in [4.69, 9.17) is 9.72 Å². The first kappa shape index (κ1) is 16.6. The van der Waals surface area contributed by atoms with Gasteiger partial charge in [0.25, 0.3) is 5.56 Å². The van der Waals surface area contributed by atoms with Crippen LogP contribution in [0.4, 0.5) is 0 Å². The Labute approximate surface area is 162 Å². The number of aliphatic hydroxyl groups is 1. The van der Waals surface area contributed by atoms with Gasteiger partial charge in [-0.2, -0.15) is 0 Å². The Kier molecular flexibility index (Phi) is 3.39. The molecular weight excluding hydrogens is 412 g/mol. The molecule has 7 heteroatoms. The summed E-state index contributed by atoms with van der Waals surface area (Å²) in [6.45, 7) is 1.55. The highest BCUT2D eigenvalue weighted by Crippen LogP contribution is 2.44. The maximum Gasteiger partial charge on any atom is 0.343 e. The Balaban J connectivity index is 1.85. The number of pyridine rings is 2. The minimum atomic E-state index is -1.82. The molecule has 3 aromatic rings. The van der Waals surface area contributed by atoms with Crippen LogP contribution in [0.5, 0.6) is 0 Å². The summed E-state index contributed by atoms with van der Waals surface area (Å²) in [6.07, 6.45) is 0.122. The molecule has 1 N–H and O–H groups in total. The van der Waals surface area contributed by atoms with Gasteiger partial charge in [-0.05, 0) is 24.6 Å². The first-order valence-electron chi connectivity index (χ1n) is 8.68. The number of hydrogen-bond donors (Lipinski definition) is 1. The third kappa shape index (κ3) is 2.06. The number of aromatic nitrogens is 2. The molecule has 5 rings (SSSR count). The van der Waals surface area contributed by atoms with Crippen LogP contribution in [0.1, 0.15) is 35.0 Å². The van der Waals surface area contributed by atoms with Gasteiger partial charge in [0, 0.05) is 16.5 Å². The number of carbonyl (C=O) groups is 1. The van der Waals surface area contributed by atoms with E-state index >= 15 is 0 Å². The molecule has 0 fully saturated rings. The van der Waals surface area contributed by atoms with Crippen LogP contribution in [-0.2, 0) is 21.7 Å². The van der Waals surface area contributed by atoms with Crippen LogP contribution in [0.2, 0.25) is 0 Å². The summed E-state index contributed by atoms with van der Waals surface area (Å²) < 4.78 is 6.70. The maximum atomic E-state index is 13.2. The summed E-state index contributed by atoms with van der Waals surface area (Å²) in [5, 5.41) is 11.9. The van der Waals surface area contributed by atoms with Gasteiger partial charge in [-0.3, -0.25) is 9.36 Å². The van der Waals surface area contributed by atoms with Gasteiger partial charge in [-0.25, -0.2) is 9.78 Å². The molecule has 0 spiro atoms. The van der Waals surface area contributed by atoms with Gasteiger partial charge in [0.1, 0.15) is 11.6 Å². The number of rotatable bonds is 1. The molecule has 136 valence electrons. The quantitative estimate of drug-likeness (QED) is 0.477. The average molecular weight is 427 g/mol. The minimum Gasteiger partial charge on any atom is -0.458 e. The number of nitrogens with zero attached hydrogens (tertiary/aromatic N) is 2. The van der Waals surface area contributed by atoms with Crippen LogP contribution >= 0.6 is 15.9 Å². The molecule has 27 heavy (non-hydrogen) atoms. The summed E-state index contributed by atoms with van der Waals surface area (Å²) in [4.78, 5) is 29.8. The number of benzene rings is 1. The summed E-state index contributed by atoms with van der Waals surface area (Å²) in [7, 11) is 0. The maximum absolute atomic E-state index is 13.2. The van der Waals surface area contributed by atoms with E-state index in [1.807, 2.05) is 30.3 Å². The number of ether oxygens (including phenoxy) is 1. The van der Waals surface area contributed by atoms with E-state index in [-0.39, 0.29) is 23.5 Å². The lowest BCUT2D eigenvalue weighted by Crippen LogP contribution is -2.44. The van der Waals surface area contributed by atoms with Crippen LogP contribution in [0.25, 0.3) is 22.3 Å². The zero-order chi connectivity index (χ0) is 18.9. The second-order valence-electron chi connectivity index (χ2n) is 6.84. The SMILES string of the molecule is CC[C@@]1(O)C(=O)OCc2c1cc1n(c2=O)C(Br)c2cc3ccccc3nc2-1. The molecular formula is C20H15BrN2O4. The molecule has 0 aliphatic carbocycles. The van der Waals surface area contributed by atoms with E-state index in [1.165, 1.54) is 0 Å². The molecule has 2 atom stereocenters. The lowest BCUT2D eigenvalue weighted by molar-refractivity contribution is -0.172. The van der Waals surface area contributed by atoms with E-state index in [9.17, 15) is 14.7 Å². The highest BCUT2D eigenvalue weighted by atomic mass is 79.9. The summed E-state index contributed by atoms with van der Waals surface area (Å²) in [5.41, 5.74) is 1.48. The van der Waals surface area contributed by atoms with Gasteiger partial charge < -0.3 is 9.84 Å². The second-order valence-corrected chi connectivity index (χ2v) is 7.71. The topological polar surface area (TPSA) is 81.4 Å². The van der Waals surface area contributed by atoms with Gasteiger partial charge in [-0.15, -0.1) is 0 Å². The monoisotopic (exact) mass is 426 g/mol. The number of hydrogen-bond acceptors (Lipinski definition) is 5. The molecule has 2 aliphatic rings. The van der Waals surface area contributed by atoms with Crippen molar-refractivity contribution >= 4 is 32.8 Å². The van der Waals surface area contributed by atoms with Crippen LogP contribution < -0.4 is 5.56 Å². The first-order chi connectivity index (χ1) is 13.0. The van der Waals surface area contributed by atoms with Crippen LogP contribution in [0.15, 0.2) is 41.2 Å². The Hall–Kier alpha value is -2.51. The molecule has 1 aromatic carbocycles. The normalized spacial score (nSPS) is 22.9. The number of alkyl halides is 1. The lowest BCUT2D eigenvalue weighted by atomic mass is 9.86. The third-order valence-electron chi connectivity index (χ3n) is 5.46. The predicted octanol–water partition coefficient (Wildman–Crippen LogP) is 2.97. The highest BCUT2D eigenvalue weighted by Gasteiger charge is 2.46. The molecule has 2 aromatic heterocycles. The van der Waals surface area contributed by atoms with Gasteiger partial charge in [0.2, 0.25) is 0 Å². The van der Waals surface area contributed by atoms with Crippen molar-refractivity contribution in [3.63, 3.8) is 0 Å². The minimum absolute atomic E-state index is 0.122. The number of fused-ring (bicyclic) bond motifs is 5. The van der Waals surface area contributed by atoms with E-state index in [2.05, 4.69) is 15.9 Å². The fraction of sp³-hybridized carbons (Fsp3) is 0.250. The van der Waals surface area contributed by atoms with Crippen LogP contribution in [0, 0.1) is 0 Å². The zero-order valence-corrected chi connectivity index (χ0v) is 16.0. The van der Waals surface area contributed by atoms with Crippen molar-refractivity contribution in [2.24, 2.45) is 0 Å². The van der Waals surface area contributed by atoms with Crippen molar-refractivity contribution < 1.29 is 14.6 Å². The number of esters is 1. The number of para-hydroxylation sites is 1. The Morgan fingerprint density at radius 3 is 2.89 bits per heavy atom. The number of halogens is 1. The predicted molar refractivity (Wildman–Crippen MR) is 102 cm³/mol. The van der Waals surface area contributed by atoms with Crippen LogP contribution in [-0.4, -0.2) is 20.6 Å². The average Bonchev–Trinajstić information content (AvgIpc) is 2.95. The molecule has 6 nitrogen and oxygen atoms in total. The fourth-order valence-corrected chi connectivity index (χ4v) is 4.69. The Morgan fingerprint density at radius 2 is 2.11 bits per heavy atom. The third-order valence-corrected chi connectivity index (χ3v) is 6.37. The van der Waals surface area contributed by atoms with E-state index in [1.54, 1.807) is 17.6 Å². The number of carbonyl (C=O) groups excluding carboxylic acids is 1. The molecule has 0 amide bonds. The Morgan fingerprint density at radius 1 is 1.33 bits per heavy atom. The molecule has 0 bridgehead atoms. The van der Waals surface area contributed by atoms with Crippen molar-refractivity contribution in [3.05, 3.63) is 63.4 Å². The van der Waals surface area contributed by atoms with E-state index in [0.29, 0.717) is 22.5 Å². The first-order valence-corrected chi connectivity index (χ1v) is 9.60. The van der Waals surface area contributed by atoms with Gasteiger partial charge in [-0.1, -0.05) is 41.1 Å². The molecule has 0 radical (unpaired) electrons. The van der Waals surface area contributed by atoms with Crippen LogP contribution in [0.3, 0.4) is 0 Å². The molecule has 4 heterocycles. The van der Waals surface area contributed by atoms with Gasteiger partial charge in [0.15, 0.2) is 5.60 Å². The van der Waals surface area contributed by atoms with Crippen molar-refractivity contribution in [1.82, 2.24) is 9.55 Å². The van der Waals surface area contributed by atoms with Crippen molar-refractivity contribution in [2.45, 2.75) is 30.5 Å². The highest BCUT2D eigenvalue weighted by molar-refractivity contribution is 9.09. The fourth-order valence-electron chi connectivity index (χ4n) is 3.94. The summed E-state index contributed by atoms with van der Waals surface area (Å²) in [6, 6.07) is 11.5. The molecule has 0 saturated heterocycles. The lowest BCUT2D eigenvalue weighted by Gasteiger charge is -2.31. The summed E-state index contributed by atoms with van der Waals surface area (Å²) in [5.74, 6) is -0.720. The molecule has 1 unspecified atom stereocenters. The second kappa shape index (κ2) is 5.50. The molecule has 2 aliphatic heterocycles. The smallest absolute Gasteiger partial charge is 0.343 e. The summed E-state index contributed by atoms with van der Waals surface area (Å²) >= 11 is 3.61.